The number of primary sulfonamides is 1. The van der Waals surface area contributed by atoms with Gasteiger partial charge in [-0.15, -0.1) is 11.3 Å². The lowest BCUT2D eigenvalue weighted by Crippen LogP contribution is -2.16. The molecular formula is C13H9BrClNO5S2. The largest absolute Gasteiger partial charge is 0.454 e. The highest BCUT2D eigenvalue weighted by molar-refractivity contribution is 9.11. The molecule has 2 N–H and O–H groups in total. The van der Waals surface area contributed by atoms with Gasteiger partial charge in [-0.2, -0.15) is 0 Å². The lowest BCUT2D eigenvalue weighted by atomic mass is 10.2. The quantitative estimate of drug-likeness (QED) is 0.571. The molecular weight excluding hydrogens is 430 g/mol. The van der Waals surface area contributed by atoms with Crippen LogP contribution in [0.4, 0.5) is 0 Å². The van der Waals surface area contributed by atoms with E-state index in [2.05, 4.69) is 15.9 Å². The van der Waals surface area contributed by atoms with Crippen LogP contribution in [0.15, 0.2) is 39.0 Å². The van der Waals surface area contributed by atoms with E-state index in [1.54, 1.807) is 12.1 Å². The number of rotatable bonds is 5. The topological polar surface area (TPSA) is 104 Å². The van der Waals surface area contributed by atoms with E-state index in [0.717, 1.165) is 9.85 Å². The van der Waals surface area contributed by atoms with Gasteiger partial charge < -0.3 is 4.74 Å². The van der Waals surface area contributed by atoms with Crippen LogP contribution < -0.4 is 5.14 Å². The minimum atomic E-state index is -3.98. The maximum Gasteiger partial charge on any atom is 0.340 e. The fourth-order valence-electron chi connectivity index (χ4n) is 1.58. The number of sulfonamides is 1. The Labute approximate surface area is 149 Å². The summed E-state index contributed by atoms with van der Waals surface area (Å²) in [6.45, 7) is -0.484. The van der Waals surface area contributed by atoms with E-state index in [1.807, 2.05) is 0 Å². The number of carbonyl (C=O) groups excluding carboxylic acids is 2. The van der Waals surface area contributed by atoms with E-state index in [9.17, 15) is 18.0 Å². The first-order chi connectivity index (χ1) is 10.7. The summed E-state index contributed by atoms with van der Waals surface area (Å²) in [5, 5.41) is 4.99. The molecule has 0 bridgehead atoms. The summed E-state index contributed by atoms with van der Waals surface area (Å²) >= 11 is 10.3. The Kier molecular flexibility index (Phi) is 5.58. The fourth-order valence-corrected chi connectivity index (χ4v) is 3.63. The number of carbonyl (C=O) groups is 2. The third-order valence-electron chi connectivity index (χ3n) is 2.67. The number of benzene rings is 1. The maximum atomic E-state index is 12.0. The number of halogens is 2. The van der Waals surface area contributed by atoms with Crippen molar-refractivity contribution in [1.29, 1.82) is 0 Å². The zero-order valence-electron chi connectivity index (χ0n) is 11.3. The van der Waals surface area contributed by atoms with Crippen molar-refractivity contribution in [2.24, 2.45) is 5.14 Å². The molecule has 10 heteroatoms. The highest BCUT2D eigenvalue weighted by Crippen LogP contribution is 2.23. The summed E-state index contributed by atoms with van der Waals surface area (Å²) in [5.74, 6) is -1.29. The van der Waals surface area contributed by atoms with Gasteiger partial charge in [-0.1, -0.05) is 11.6 Å². The van der Waals surface area contributed by atoms with Crippen molar-refractivity contribution in [2.45, 2.75) is 4.90 Å². The lowest BCUT2D eigenvalue weighted by Gasteiger charge is -2.07. The van der Waals surface area contributed by atoms with E-state index in [0.29, 0.717) is 4.88 Å². The molecule has 6 nitrogen and oxygen atoms in total. The number of ether oxygens (including phenoxy) is 1. The third-order valence-corrected chi connectivity index (χ3v) is 5.57. The Bertz CT molecular complexity index is 878. The number of hydrogen-bond donors (Lipinski definition) is 1. The molecule has 1 aromatic carbocycles. The van der Waals surface area contributed by atoms with Gasteiger partial charge in [0, 0.05) is 0 Å². The molecule has 0 spiro atoms. The molecule has 1 aromatic heterocycles. The molecule has 0 unspecified atom stereocenters. The van der Waals surface area contributed by atoms with Gasteiger partial charge in [0.15, 0.2) is 6.61 Å². The molecule has 0 atom stereocenters. The SMILES string of the molecule is NS(=O)(=O)c1ccc(Cl)c(C(=O)OCC(=O)c2ccc(Br)s2)c1. The van der Waals surface area contributed by atoms with Gasteiger partial charge in [0.05, 0.1) is 24.1 Å². The van der Waals surface area contributed by atoms with Gasteiger partial charge in [-0.25, -0.2) is 18.4 Å². The van der Waals surface area contributed by atoms with Crippen molar-refractivity contribution < 1.29 is 22.7 Å². The molecule has 0 aliphatic carbocycles. The van der Waals surface area contributed by atoms with Gasteiger partial charge >= 0.3 is 5.97 Å². The molecule has 2 aromatic rings. The predicted octanol–water partition coefficient (Wildman–Crippen LogP) is 2.85. The maximum absolute atomic E-state index is 12.0. The van der Waals surface area contributed by atoms with Gasteiger partial charge in [-0.05, 0) is 46.3 Å². The molecule has 0 amide bonds. The fraction of sp³-hybridized carbons (Fsp3) is 0.0769. The molecule has 1 heterocycles. The summed E-state index contributed by atoms with van der Waals surface area (Å²) in [6.07, 6.45) is 0. The molecule has 2 rings (SSSR count). The molecule has 0 saturated heterocycles. The van der Waals surface area contributed by atoms with Crippen LogP contribution in [-0.2, 0) is 14.8 Å². The highest BCUT2D eigenvalue weighted by atomic mass is 79.9. The van der Waals surface area contributed by atoms with Crippen LogP contribution in [0.5, 0.6) is 0 Å². The molecule has 0 radical (unpaired) electrons. The Morgan fingerprint density at radius 2 is 1.96 bits per heavy atom. The Morgan fingerprint density at radius 3 is 2.52 bits per heavy atom. The van der Waals surface area contributed by atoms with Crippen molar-refractivity contribution in [3.05, 3.63) is 49.6 Å². The summed E-state index contributed by atoms with van der Waals surface area (Å²) in [5.41, 5.74) is -0.182. The van der Waals surface area contributed by atoms with Crippen LogP contribution in [-0.4, -0.2) is 26.8 Å². The molecule has 0 fully saturated rings. The first-order valence-electron chi connectivity index (χ1n) is 5.96. The third kappa shape index (κ3) is 4.61. The average Bonchev–Trinajstić information content (AvgIpc) is 2.90. The first-order valence-corrected chi connectivity index (χ1v) is 9.50. The van der Waals surface area contributed by atoms with Crippen LogP contribution in [0.2, 0.25) is 5.02 Å². The van der Waals surface area contributed by atoms with Crippen LogP contribution >= 0.6 is 38.9 Å². The number of ketones is 1. The summed E-state index contributed by atoms with van der Waals surface area (Å²) in [6, 6.07) is 6.69. The van der Waals surface area contributed by atoms with Gasteiger partial charge in [-0.3, -0.25) is 4.79 Å². The summed E-state index contributed by atoms with van der Waals surface area (Å²) in [7, 11) is -3.98. The van der Waals surface area contributed by atoms with Gasteiger partial charge in [0.2, 0.25) is 15.8 Å². The average molecular weight is 439 g/mol. The van der Waals surface area contributed by atoms with Crippen molar-refractivity contribution in [1.82, 2.24) is 0 Å². The van der Waals surface area contributed by atoms with Crippen LogP contribution in [0.25, 0.3) is 0 Å². The van der Waals surface area contributed by atoms with Crippen molar-refractivity contribution in [2.75, 3.05) is 6.61 Å². The molecule has 0 aliphatic rings. The molecule has 122 valence electrons. The lowest BCUT2D eigenvalue weighted by molar-refractivity contribution is 0.0475. The van der Waals surface area contributed by atoms with Crippen LogP contribution in [0.3, 0.4) is 0 Å². The van der Waals surface area contributed by atoms with Gasteiger partial charge in [0.25, 0.3) is 0 Å². The zero-order chi connectivity index (χ0) is 17.2. The van der Waals surface area contributed by atoms with E-state index in [-0.39, 0.29) is 21.3 Å². The van der Waals surface area contributed by atoms with Crippen LogP contribution in [0, 0.1) is 0 Å². The second kappa shape index (κ2) is 7.10. The van der Waals surface area contributed by atoms with E-state index in [1.165, 1.54) is 23.5 Å². The minimum Gasteiger partial charge on any atom is -0.454 e. The minimum absolute atomic E-state index is 0.00582. The number of Topliss-reactive ketones (excluding diaryl/α,β-unsaturated/α-hetero) is 1. The van der Waals surface area contributed by atoms with E-state index < -0.39 is 22.6 Å². The smallest absolute Gasteiger partial charge is 0.340 e. The Balaban J connectivity index is 2.13. The van der Waals surface area contributed by atoms with Crippen molar-refractivity contribution in [3.8, 4) is 0 Å². The second-order valence-electron chi connectivity index (χ2n) is 4.29. The first kappa shape index (κ1) is 18.1. The van der Waals surface area contributed by atoms with Crippen molar-refractivity contribution >= 4 is 60.6 Å². The summed E-state index contributed by atoms with van der Waals surface area (Å²) in [4.78, 5) is 24.0. The number of thiophene rings is 1. The molecule has 0 saturated carbocycles. The number of nitrogens with two attached hydrogens (primary N) is 1. The van der Waals surface area contributed by atoms with E-state index in [4.69, 9.17) is 21.5 Å². The Hall–Kier alpha value is -1.26. The monoisotopic (exact) mass is 437 g/mol. The Morgan fingerprint density at radius 1 is 1.26 bits per heavy atom. The zero-order valence-corrected chi connectivity index (χ0v) is 15.3. The molecule has 0 aliphatic heterocycles. The second-order valence-corrected chi connectivity index (χ2v) is 8.72. The highest BCUT2D eigenvalue weighted by Gasteiger charge is 2.18. The summed E-state index contributed by atoms with van der Waals surface area (Å²) < 4.78 is 28.3. The standard InChI is InChI=1S/C13H9BrClNO5S2/c14-12-4-3-11(22-12)10(17)6-21-13(18)8-5-7(23(16,19)20)1-2-9(8)15/h1-5H,6H2,(H2,16,19,20). The van der Waals surface area contributed by atoms with Crippen LogP contribution in [0.1, 0.15) is 20.0 Å². The van der Waals surface area contributed by atoms with E-state index >= 15 is 0 Å². The van der Waals surface area contributed by atoms with Gasteiger partial charge in [0.1, 0.15) is 0 Å². The predicted molar refractivity (Wildman–Crippen MR) is 89.5 cm³/mol. The van der Waals surface area contributed by atoms with Crippen molar-refractivity contribution in [3.63, 3.8) is 0 Å². The number of hydrogen-bond acceptors (Lipinski definition) is 6. The normalized spacial score (nSPS) is 11.3. The molecule has 23 heavy (non-hydrogen) atoms. The number of esters is 1.